The Labute approximate surface area is 102 Å². The maximum absolute atomic E-state index is 11.0. The molecule has 1 unspecified atom stereocenters. The van der Waals surface area contributed by atoms with Gasteiger partial charge in [-0.05, 0) is 37.1 Å². The summed E-state index contributed by atoms with van der Waals surface area (Å²) >= 11 is 0. The molecule has 0 aliphatic heterocycles. The minimum absolute atomic E-state index is 0.119. The minimum Gasteiger partial charge on any atom is -0.385 e. The molecule has 1 rings (SSSR count). The lowest BCUT2D eigenvalue weighted by Gasteiger charge is -2.10. The Balaban J connectivity index is 2.52. The van der Waals surface area contributed by atoms with E-state index in [2.05, 4.69) is 5.32 Å². The van der Waals surface area contributed by atoms with Crippen molar-refractivity contribution in [2.75, 3.05) is 11.9 Å². The summed E-state index contributed by atoms with van der Waals surface area (Å²) < 4.78 is 22.1. The van der Waals surface area contributed by atoms with Gasteiger partial charge in [-0.2, -0.15) is 0 Å². The second-order valence-electron chi connectivity index (χ2n) is 3.95. The number of hydrogen-bond acceptors (Lipinski definition) is 4. The van der Waals surface area contributed by atoms with E-state index in [0.29, 0.717) is 0 Å². The van der Waals surface area contributed by atoms with Crippen LogP contribution in [0.3, 0.4) is 0 Å². The van der Waals surface area contributed by atoms with Gasteiger partial charge in [0.25, 0.3) is 0 Å². The van der Waals surface area contributed by atoms with Gasteiger partial charge in [0.2, 0.25) is 10.0 Å². The smallest absolute Gasteiger partial charge is 0.238 e. The summed E-state index contributed by atoms with van der Waals surface area (Å²) in [4.78, 5) is 0.119. The van der Waals surface area contributed by atoms with E-state index in [0.717, 1.165) is 25.1 Å². The molecule has 0 amide bonds. The van der Waals surface area contributed by atoms with E-state index in [4.69, 9.17) is 10.9 Å². The second kappa shape index (κ2) is 6.00. The number of hydrogen-bond donors (Lipinski definition) is 3. The van der Waals surface area contributed by atoms with Gasteiger partial charge in [0.1, 0.15) is 0 Å². The van der Waals surface area contributed by atoms with Crippen LogP contribution in [0.4, 0.5) is 5.69 Å². The van der Waals surface area contributed by atoms with E-state index in [1.54, 1.807) is 12.1 Å². The first-order chi connectivity index (χ1) is 7.93. The van der Waals surface area contributed by atoms with Gasteiger partial charge in [0.05, 0.1) is 4.90 Å². The Kier molecular flexibility index (Phi) is 4.92. The van der Waals surface area contributed by atoms with Crippen LogP contribution in [0.15, 0.2) is 29.2 Å². The number of benzene rings is 1. The highest BCUT2D eigenvalue weighted by molar-refractivity contribution is 7.89. The average molecular weight is 257 g/mol. The van der Waals surface area contributed by atoms with Gasteiger partial charge in [-0.25, -0.2) is 13.6 Å². The maximum atomic E-state index is 11.0. The predicted octanol–water partition coefficient (Wildman–Crippen LogP) is 0.873. The van der Waals surface area contributed by atoms with Crippen LogP contribution >= 0.6 is 0 Å². The molecule has 0 radical (unpaired) electrons. The quantitative estimate of drug-likeness (QED) is 0.704. The molecule has 17 heavy (non-hydrogen) atoms. The van der Waals surface area contributed by atoms with Crippen molar-refractivity contribution in [3.8, 4) is 0 Å². The van der Waals surface area contributed by atoms with Gasteiger partial charge in [0.15, 0.2) is 0 Å². The number of sulfonamides is 1. The molecule has 5 nitrogen and oxygen atoms in total. The monoisotopic (exact) mass is 257 g/mol. The van der Waals surface area contributed by atoms with E-state index in [-0.39, 0.29) is 10.9 Å². The maximum Gasteiger partial charge on any atom is 0.238 e. The summed E-state index contributed by atoms with van der Waals surface area (Å²) in [6, 6.07) is 6.55. The van der Waals surface area contributed by atoms with Crippen molar-refractivity contribution in [1.82, 2.24) is 0 Å². The average Bonchev–Trinajstić information content (AvgIpc) is 2.28. The molecular weight excluding hydrogens is 238 g/mol. The number of primary sulfonamides is 1. The fourth-order valence-electron chi connectivity index (χ4n) is 1.37. The van der Waals surface area contributed by atoms with Crippen molar-refractivity contribution in [3.05, 3.63) is 24.3 Å². The fraction of sp³-hybridized carbons (Fsp3) is 0.455. The molecule has 0 spiro atoms. The zero-order chi connectivity index (χ0) is 12.9. The number of nitrogens with one attached hydrogen (secondary N) is 1. The third-order valence-corrected chi connectivity index (χ3v) is 3.48. The van der Waals surface area contributed by atoms with Gasteiger partial charge in [-0.3, -0.25) is 0 Å². The molecular formula is C11H19N3O2S. The Morgan fingerprint density at radius 1 is 1.29 bits per heavy atom. The highest BCUT2D eigenvalue weighted by atomic mass is 32.2. The zero-order valence-corrected chi connectivity index (χ0v) is 10.7. The molecule has 0 bridgehead atoms. The van der Waals surface area contributed by atoms with Crippen LogP contribution in [0.25, 0.3) is 0 Å². The van der Waals surface area contributed by atoms with Crippen LogP contribution in [0, 0.1) is 0 Å². The molecule has 1 atom stereocenters. The summed E-state index contributed by atoms with van der Waals surface area (Å²) in [6.45, 7) is 2.81. The highest BCUT2D eigenvalue weighted by Crippen LogP contribution is 2.12. The molecule has 1 aromatic carbocycles. The highest BCUT2D eigenvalue weighted by Gasteiger charge is 2.06. The van der Waals surface area contributed by atoms with Gasteiger partial charge in [0, 0.05) is 18.3 Å². The third-order valence-electron chi connectivity index (χ3n) is 2.55. The van der Waals surface area contributed by atoms with Crippen LogP contribution in [0.2, 0.25) is 0 Å². The van der Waals surface area contributed by atoms with Crippen LogP contribution < -0.4 is 16.2 Å². The molecule has 0 fully saturated rings. The first-order valence-electron chi connectivity index (χ1n) is 5.56. The summed E-state index contributed by atoms with van der Waals surface area (Å²) in [7, 11) is -3.61. The lowest BCUT2D eigenvalue weighted by Crippen LogP contribution is -2.22. The van der Waals surface area contributed by atoms with Gasteiger partial charge in [-0.15, -0.1) is 0 Å². The fourth-order valence-corrected chi connectivity index (χ4v) is 1.88. The van der Waals surface area contributed by atoms with Crippen molar-refractivity contribution < 1.29 is 8.42 Å². The number of rotatable bonds is 6. The second-order valence-corrected chi connectivity index (χ2v) is 5.51. The van der Waals surface area contributed by atoms with Crippen molar-refractivity contribution in [1.29, 1.82) is 0 Å². The van der Waals surface area contributed by atoms with Gasteiger partial charge < -0.3 is 11.1 Å². The Bertz CT molecular complexity index is 442. The summed E-state index contributed by atoms with van der Waals surface area (Å²) in [6.07, 6.45) is 1.83. The summed E-state index contributed by atoms with van der Waals surface area (Å²) in [5.74, 6) is 0. The van der Waals surface area contributed by atoms with Crippen LogP contribution in [-0.2, 0) is 10.0 Å². The van der Waals surface area contributed by atoms with Crippen molar-refractivity contribution in [2.24, 2.45) is 10.9 Å². The Morgan fingerprint density at radius 2 is 1.88 bits per heavy atom. The van der Waals surface area contributed by atoms with E-state index >= 15 is 0 Å². The lowest BCUT2D eigenvalue weighted by atomic mass is 10.2. The van der Waals surface area contributed by atoms with E-state index in [1.807, 2.05) is 6.92 Å². The molecule has 0 heterocycles. The summed E-state index contributed by atoms with van der Waals surface area (Å²) in [5, 5.41) is 8.17. The van der Waals surface area contributed by atoms with Crippen LogP contribution in [-0.4, -0.2) is 21.0 Å². The van der Waals surface area contributed by atoms with Crippen molar-refractivity contribution >= 4 is 15.7 Å². The van der Waals surface area contributed by atoms with Crippen LogP contribution in [0.5, 0.6) is 0 Å². The minimum atomic E-state index is -3.61. The topological polar surface area (TPSA) is 98.2 Å². The molecule has 0 aliphatic carbocycles. The molecule has 0 aromatic heterocycles. The lowest BCUT2D eigenvalue weighted by molar-refractivity contribution is 0.598. The summed E-state index contributed by atoms with van der Waals surface area (Å²) in [5.41, 5.74) is 6.64. The molecule has 0 saturated carbocycles. The van der Waals surface area contributed by atoms with E-state index in [1.165, 1.54) is 12.1 Å². The molecule has 0 saturated heterocycles. The standard InChI is InChI=1S/C11H19N3O2S/c1-2-9(12)7-8-14-10-3-5-11(6-4-10)17(13,15)16/h3-6,9,14H,2,7-8,12H2,1H3,(H2,13,15,16). The van der Waals surface area contributed by atoms with Gasteiger partial charge >= 0.3 is 0 Å². The van der Waals surface area contributed by atoms with Gasteiger partial charge in [-0.1, -0.05) is 6.92 Å². The zero-order valence-electron chi connectivity index (χ0n) is 9.89. The molecule has 96 valence electrons. The molecule has 5 N–H and O–H groups in total. The normalized spacial score (nSPS) is 13.4. The molecule has 0 aliphatic rings. The number of anilines is 1. The predicted molar refractivity (Wildman–Crippen MR) is 69.2 cm³/mol. The number of nitrogens with two attached hydrogens (primary N) is 2. The molecule has 1 aromatic rings. The molecule has 6 heteroatoms. The first-order valence-corrected chi connectivity index (χ1v) is 7.10. The van der Waals surface area contributed by atoms with Crippen LogP contribution in [0.1, 0.15) is 19.8 Å². The first kappa shape index (κ1) is 14.0. The van der Waals surface area contributed by atoms with E-state index in [9.17, 15) is 8.42 Å². The Morgan fingerprint density at radius 3 is 2.35 bits per heavy atom. The largest absolute Gasteiger partial charge is 0.385 e. The van der Waals surface area contributed by atoms with Crippen molar-refractivity contribution in [2.45, 2.75) is 30.7 Å². The van der Waals surface area contributed by atoms with E-state index < -0.39 is 10.0 Å². The Hall–Kier alpha value is -1.11. The third kappa shape index (κ3) is 4.72. The SMILES string of the molecule is CCC(N)CCNc1ccc(S(N)(=O)=O)cc1. The van der Waals surface area contributed by atoms with Crippen molar-refractivity contribution in [3.63, 3.8) is 0 Å².